The second-order valence-corrected chi connectivity index (χ2v) is 2.56. The molecule has 1 rings (SSSR count). The number of aliphatic hydroxyl groups excluding tert-OH is 1. The van der Waals surface area contributed by atoms with Crippen molar-refractivity contribution in [3.05, 3.63) is 12.2 Å². The molecule has 1 aliphatic rings. The highest BCUT2D eigenvalue weighted by molar-refractivity contribution is 5.84. The Balaban J connectivity index is 0.000000226. The van der Waals surface area contributed by atoms with Gasteiger partial charge in [-0.3, -0.25) is 0 Å². The van der Waals surface area contributed by atoms with Gasteiger partial charge in [-0.2, -0.15) is 0 Å². The van der Waals surface area contributed by atoms with E-state index in [0.29, 0.717) is 13.0 Å². The Bertz CT molecular complexity index is 209. The molecule has 0 saturated carbocycles. The Hall–Kier alpha value is -1.36. The molecular weight excluding hydrogens is 176 g/mol. The molecule has 5 nitrogen and oxygen atoms in total. The van der Waals surface area contributed by atoms with Crippen molar-refractivity contribution in [3.8, 4) is 0 Å². The smallest absolute Gasteiger partial charge is 0.335 e. The Labute approximate surface area is 75.6 Å². The highest BCUT2D eigenvalue weighted by Crippen LogP contribution is 2.03. The van der Waals surface area contributed by atoms with Gasteiger partial charge in [-0.25, -0.2) is 9.59 Å². The summed E-state index contributed by atoms with van der Waals surface area (Å²) in [6.45, 7) is 4.98. The lowest BCUT2D eigenvalue weighted by atomic mass is 10.3. The van der Waals surface area contributed by atoms with E-state index in [1.807, 2.05) is 0 Å². The van der Waals surface area contributed by atoms with Crippen LogP contribution in [0.5, 0.6) is 0 Å². The maximum Gasteiger partial charge on any atom is 0.335 e. The lowest BCUT2D eigenvalue weighted by Crippen LogP contribution is -2.11. The van der Waals surface area contributed by atoms with Crippen LogP contribution in [0.1, 0.15) is 13.3 Å². The number of carboxylic acids is 1. The third-order valence-corrected chi connectivity index (χ3v) is 1.27. The molecular formula is C8H12O5. The maximum absolute atomic E-state index is 10.1. The zero-order valence-corrected chi connectivity index (χ0v) is 7.32. The van der Waals surface area contributed by atoms with Crippen molar-refractivity contribution < 1.29 is 24.5 Å². The highest BCUT2D eigenvalue weighted by atomic mass is 16.6. The standard InChI is InChI=1S/C4H6O3.C4H6O2/c5-3-1-2-7-4(3)6;1-3(2)4(5)6/h3,5H,1-2H2;1H2,2H3,(H,5,6). The molecule has 1 saturated heterocycles. The summed E-state index contributed by atoms with van der Waals surface area (Å²) in [5.41, 5.74) is 0.176. The molecule has 0 aliphatic carbocycles. The quantitative estimate of drug-likeness (QED) is 0.445. The fraction of sp³-hybridized carbons (Fsp3) is 0.500. The van der Waals surface area contributed by atoms with E-state index in [-0.39, 0.29) is 5.57 Å². The lowest BCUT2D eigenvalue weighted by Gasteiger charge is -1.88. The number of ether oxygens (including phenoxy) is 1. The van der Waals surface area contributed by atoms with E-state index in [1.54, 1.807) is 0 Å². The molecule has 0 aromatic heterocycles. The first kappa shape index (κ1) is 11.6. The van der Waals surface area contributed by atoms with Gasteiger partial charge in [-0.05, 0) is 6.92 Å². The molecule has 1 atom stereocenters. The Morgan fingerprint density at radius 1 is 1.69 bits per heavy atom. The summed E-state index contributed by atoms with van der Waals surface area (Å²) in [4.78, 5) is 19.7. The van der Waals surface area contributed by atoms with Crippen molar-refractivity contribution in [1.29, 1.82) is 0 Å². The first-order valence-corrected chi connectivity index (χ1v) is 3.68. The van der Waals surface area contributed by atoms with Crippen LogP contribution in [0, 0.1) is 0 Å². The predicted molar refractivity (Wildman–Crippen MR) is 44.0 cm³/mol. The first-order chi connectivity index (χ1) is 5.95. The van der Waals surface area contributed by atoms with Crippen LogP contribution in [0.25, 0.3) is 0 Å². The van der Waals surface area contributed by atoms with Crippen LogP contribution >= 0.6 is 0 Å². The summed E-state index contributed by atoms with van der Waals surface area (Å²) >= 11 is 0. The normalized spacial score (nSPS) is 19.8. The van der Waals surface area contributed by atoms with E-state index in [0.717, 1.165) is 0 Å². The number of carboxylic acid groups (broad SMARTS) is 1. The molecule has 1 fully saturated rings. The number of carbonyl (C=O) groups excluding carboxylic acids is 1. The minimum Gasteiger partial charge on any atom is -0.478 e. The van der Waals surface area contributed by atoms with Gasteiger partial charge in [0.2, 0.25) is 0 Å². The largest absolute Gasteiger partial charge is 0.478 e. The Morgan fingerprint density at radius 3 is 2.23 bits per heavy atom. The van der Waals surface area contributed by atoms with Gasteiger partial charge in [0.05, 0.1) is 6.61 Å². The monoisotopic (exact) mass is 188 g/mol. The van der Waals surface area contributed by atoms with Crippen molar-refractivity contribution in [2.75, 3.05) is 6.61 Å². The average Bonchev–Trinajstić information content (AvgIpc) is 2.37. The van der Waals surface area contributed by atoms with E-state index in [9.17, 15) is 9.59 Å². The number of esters is 1. The molecule has 0 radical (unpaired) electrons. The molecule has 5 heteroatoms. The molecule has 0 spiro atoms. The number of aliphatic carboxylic acids is 1. The molecule has 1 aliphatic heterocycles. The van der Waals surface area contributed by atoms with E-state index in [2.05, 4.69) is 11.3 Å². The average molecular weight is 188 g/mol. The fourth-order valence-electron chi connectivity index (χ4n) is 0.485. The molecule has 0 aromatic carbocycles. The van der Waals surface area contributed by atoms with Crippen LogP contribution < -0.4 is 0 Å². The number of rotatable bonds is 1. The Morgan fingerprint density at radius 2 is 2.15 bits per heavy atom. The number of hydrogen-bond acceptors (Lipinski definition) is 4. The maximum atomic E-state index is 10.1. The summed E-state index contributed by atoms with van der Waals surface area (Å²) in [5.74, 6) is -1.42. The third-order valence-electron chi connectivity index (χ3n) is 1.27. The van der Waals surface area contributed by atoms with Gasteiger partial charge >= 0.3 is 11.9 Å². The van der Waals surface area contributed by atoms with Crippen molar-refractivity contribution in [1.82, 2.24) is 0 Å². The number of hydrogen-bond donors (Lipinski definition) is 2. The predicted octanol–water partition coefficient (Wildman–Crippen LogP) is -0.0587. The van der Waals surface area contributed by atoms with E-state index in [4.69, 9.17) is 10.2 Å². The molecule has 0 aromatic rings. The SMILES string of the molecule is C=C(C)C(=O)O.O=C1OCCC1O. The fourth-order valence-corrected chi connectivity index (χ4v) is 0.485. The van der Waals surface area contributed by atoms with Crippen molar-refractivity contribution >= 4 is 11.9 Å². The minimum atomic E-state index is -0.935. The van der Waals surface area contributed by atoms with Crippen LogP contribution in [-0.2, 0) is 14.3 Å². The van der Waals surface area contributed by atoms with Gasteiger partial charge in [0, 0.05) is 12.0 Å². The van der Waals surface area contributed by atoms with E-state index >= 15 is 0 Å². The van der Waals surface area contributed by atoms with Gasteiger partial charge in [0.25, 0.3) is 0 Å². The summed E-state index contributed by atoms with van der Waals surface area (Å²) in [7, 11) is 0. The number of aliphatic hydroxyl groups is 1. The molecule has 0 bridgehead atoms. The van der Waals surface area contributed by atoms with Gasteiger partial charge in [-0.1, -0.05) is 6.58 Å². The second kappa shape index (κ2) is 5.31. The van der Waals surface area contributed by atoms with Crippen LogP contribution in [0.2, 0.25) is 0 Å². The zero-order chi connectivity index (χ0) is 10.4. The second-order valence-electron chi connectivity index (χ2n) is 2.56. The van der Waals surface area contributed by atoms with Crippen molar-refractivity contribution in [2.45, 2.75) is 19.4 Å². The Kier molecular flexibility index (Phi) is 4.76. The third kappa shape index (κ3) is 4.97. The van der Waals surface area contributed by atoms with Gasteiger partial charge in [0.1, 0.15) is 0 Å². The van der Waals surface area contributed by atoms with Crippen LogP contribution in [0.4, 0.5) is 0 Å². The van der Waals surface area contributed by atoms with Crippen molar-refractivity contribution in [3.63, 3.8) is 0 Å². The number of carbonyl (C=O) groups is 2. The molecule has 74 valence electrons. The van der Waals surface area contributed by atoms with Gasteiger partial charge in [-0.15, -0.1) is 0 Å². The zero-order valence-electron chi connectivity index (χ0n) is 7.32. The number of cyclic esters (lactones) is 1. The lowest BCUT2D eigenvalue weighted by molar-refractivity contribution is -0.144. The van der Waals surface area contributed by atoms with Gasteiger partial charge in [0.15, 0.2) is 6.10 Å². The highest BCUT2D eigenvalue weighted by Gasteiger charge is 2.22. The van der Waals surface area contributed by atoms with Crippen LogP contribution in [-0.4, -0.2) is 34.9 Å². The summed E-state index contributed by atoms with van der Waals surface area (Å²) in [6, 6.07) is 0. The van der Waals surface area contributed by atoms with Crippen LogP contribution in [0.15, 0.2) is 12.2 Å². The van der Waals surface area contributed by atoms with Gasteiger partial charge < -0.3 is 14.9 Å². The summed E-state index contributed by atoms with van der Waals surface area (Å²) < 4.78 is 4.38. The molecule has 0 amide bonds. The van der Waals surface area contributed by atoms with Crippen molar-refractivity contribution in [2.24, 2.45) is 0 Å². The molecule has 13 heavy (non-hydrogen) atoms. The molecule has 2 N–H and O–H groups in total. The van der Waals surface area contributed by atoms with Crippen LogP contribution in [0.3, 0.4) is 0 Å². The van der Waals surface area contributed by atoms with E-state index < -0.39 is 18.0 Å². The molecule has 1 heterocycles. The first-order valence-electron chi connectivity index (χ1n) is 3.68. The minimum absolute atomic E-state index is 0.176. The van der Waals surface area contributed by atoms with E-state index in [1.165, 1.54) is 6.92 Å². The summed E-state index contributed by atoms with van der Waals surface area (Å²) in [5, 5.41) is 16.4. The summed E-state index contributed by atoms with van der Waals surface area (Å²) in [6.07, 6.45) is -0.390. The molecule has 1 unspecified atom stereocenters. The topological polar surface area (TPSA) is 83.8 Å².